The highest BCUT2D eigenvalue weighted by Gasteiger charge is 2.15. The Morgan fingerprint density at radius 3 is 3.10 bits per heavy atom. The van der Waals surface area contributed by atoms with Crippen LogP contribution in [0.3, 0.4) is 0 Å². The van der Waals surface area contributed by atoms with E-state index in [0.29, 0.717) is 17.7 Å². The van der Waals surface area contributed by atoms with Crippen LogP contribution < -0.4 is 5.32 Å². The van der Waals surface area contributed by atoms with Crippen LogP contribution in [0.2, 0.25) is 0 Å². The molecule has 0 saturated heterocycles. The van der Waals surface area contributed by atoms with E-state index in [1.54, 1.807) is 11.6 Å². The Labute approximate surface area is 130 Å². The first-order valence-electron chi connectivity index (χ1n) is 6.57. The average molecular weight is 319 g/mol. The van der Waals surface area contributed by atoms with E-state index in [4.69, 9.17) is 0 Å². The summed E-state index contributed by atoms with van der Waals surface area (Å²) < 4.78 is 0.797. The van der Waals surface area contributed by atoms with Gasteiger partial charge in [-0.2, -0.15) is 0 Å². The standard InChI is InChI=1S/C14H13N3O2S2/c18-12(7-20-14-17-15-8-21-14)10-4-5-11-9(6-10)2-1-3-13(19)16-11/h4-6,8H,1-3,7H2,(H,16,19). The van der Waals surface area contributed by atoms with Gasteiger partial charge >= 0.3 is 0 Å². The molecule has 0 fully saturated rings. The van der Waals surface area contributed by atoms with E-state index >= 15 is 0 Å². The van der Waals surface area contributed by atoms with Crippen LogP contribution in [0.4, 0.5) is 5.69 Å². The highest BCUT2D eigenvalue weighted by molar-refractivity contribution is 8.01. The summed E-state index contributed by atoms with van der Waals surface area (Å²) in [7, 11) is 0. The van der Waals surface area contributed by atoms with Crippen molar-refractivity contribution in [2.75, 3.05) is 11.1 Å². The molecule has 1 aliphatic rings. The van der Waals surface area contributed by atoms with E-state index in [1.807, 2.05) is 12.1 Å². The van der Waals surface area contributed by atoms with Crippen molar-refractivity contribution in [2.45, 2.75) is 23.6 Å². The van der Waals surface area contributed by atoms with E-state index in [-0.39, 0.29) is 11.7 Å². The maximum Gasteiger partial charge on any atom is 0.224 e. The smallest absolute Gasteiger partial charge is 0.224 e. The molecule has 2 heterocycles. The van der Waals surface area contributed by atoms with Gasteiger partial charge in [0.1, 0.15) is 5.51 Å². The van der Waals surface area contributed by atoms with E-state index < -0.39 is 0 Å². The predicted octanol–water partition coefficient (Wildman–Crippen LogP) is 2.79. The largest absolute Gasteiger partial charge is 0.326 e. The number of aromatic nitrogens is 2. The first-order valence-corrected chi connectivity index (χ1v) is 8.44. The molecule has 3 rings (SSSR count). The summed E-state index contributed by atoms with van der Waals surface area (Å²) in [6.07, 6.45) is 2.17. The lowest BCUT2D eigenvalue weighted by Crippen LogP contribution is -2.10. The van der Waals surface area contributed by atoms with E-state index in [2.05, 4.69) is 15.5 Å². The fraction of sp³-hybridized carbons (Fsp3) is 0.286. The molecule has 1 aromatic carbocycles. The number of ketones is 1. The highest BCUT2D eigenvalue weighted by atomic mass is 32.2. The Morgan fingerprint density at radius 1 is 1.38 bits per heavy atom. The molecule has 21 heavy (non-hydrogen) atoms. The molecule has 0 radical (unpaired) electrons. The normalized spacial score (nSPS) is 14.2. The van der Waals surface area contributed by atoms with Crippen molar-refractivity contribution < 1.29 is 9.59 Å². The van der Waals surface area contributed by atoms with E-state index in [9.17, 15) is 9.59 Å². The molecule has 0 aliphatic carbocycles. The summed E-state index contributed by atoms with van der Waals surface area (Å²) >= 11 is 2.82. The fourth-order valence-corrected chi connectivity index (χ4v) is 3.57. The molecule has 0 bridgehead atoms. The van der Waals surface area contributed by atoms with Gasteiger partial charge in [-0.15, -0.1) is 10.2 Å². The number of aryl methyl sites for hydroxylation is 1. The Hall–Kier alpha value is -1.73. The van der Waals surface area contributed by atoms with Crippen LogP contribution in [0.5, 0.6) is 0 Å². The third-order valence-corrected chi connectivity index (χ3v) is 5.08. The molecule has 1 N–H and O–H groups in total. The number of hydrogen-bond donors (Lipinski definition) is 1. The maximum atomic E-state index is 12.2. The van der Waals surface area contributed by atoms with Gasteiger partial charge in [0.25, 0.3) is 0 Å². The topological polar surface area (TPSA) is 72.0 Å². The first-order chi connectivity index (χ1) is 10.2. The zero-order valence-corrected chi connectivity index (χ0v) is 12.8. The predicted molar refractivity (Wildman–Crippen MR) is 83.0 cm³/mol. The summed E-state index contributed by atoms with van der Waals surface area (Å²) in [5.74, 6) is 0.452. The quantitative estimate of drug-likeness (QED) is 0.693. The van der Waals surface area contributed by atoms with Crippen molar-refractivity contribution in [2.24, 2.45) is 0 Å². The Kier molecular flexibility index (Phi) is 4.31. The van der Waals surface area contributed by atoms with Gasteiger partial charge in [0.05, 0.1) is 5.75 Å². The number of Topliss-reactive ketones (excluding diaryl/α,β-unsaturated/α-hetero) is 1. The Morgan fingerprint density at radius 2 is 2.29 bits per heavy atom. The lowest BCUT2D eigenvalue weighted by Gasteiger charge is -2.08. The molecule has 1 amide bonds. The SMILES string of the molecule is O=C1CCCc2cc(C(=O)CSc3nncs3)ccc2N1. The van der Waals surface area contributed by atoms with E-state index in [0.717, 1.165) is 28.4 Å². The minimum Gasteiger partial charge on any atom is -0.326 e. The summed E-state index contributed by atoms with van der Waals surface area (Å²) in [5.41, 5.74) is 4.19. The molecule has 0 unspecified atom stereocenters. The highest BCUT2D eigenvalue weighted by Crippen LogP contribution is 2.25. The number of fused-ring (bicyclic) bond motifs is 1. The van der Waals surface area contributed by atoms with Crippen molar-refractivity contribution in [3.8, 4) is 0 Å². The molecular formula is C14H13N3O2S2. The third-order valence-electron chi connectivity index (χ3n) is 3.22. The van der Waals surface area contributed by atoms with Crippen molar-refractivity contribution in [3.63, 3.8) is 0 Å². The summed E-state index contributed by atoms with van der Waals surface area (Å²) in [6.45, 7) is 0. The molecule has 0 atom stereocenters. The van der Waals surface area contributed by atoms with Gasteiger partial charge in [0, 0.05) is 17.7 Å². The molecule has 108 valence electrons. The molecule has 0 spiro atoms. The molecule has 1 aliphatic heterocycles. The summed E-state index contributed by atoms with van der Waals surface area (Å²) in [5, 5.41) is 10.5. The van der Waals surface area contributed by atoms with Crippen molar-refractivity contribution in [1.82, 2.24) is 10.2 Å². The minimum absolute atomic E-state index is 0.0413. The summed E-state index contributed by atoms with van der Waals surface area (Å²) in [6, 6.07) is 5.48. The van der Waals surface area contributed by atoms with E-state index in [1.165, 1.54) is 23.1 Å². The molecule has 0 saturated carbocycles. The zero-order chi connectivity index (χ0) is 14.7. The number of nitrogens with one attached hydrogen (secondary N) is 1. The van der Waals surface area contributed by atoms with Gasteiger partial charge in [-0.25, -0.2) is 0 Å². The van der Waals surface area contributed by atoms with Crippen LogP contribution in [0.15, 0.2) is 28.0 Å². The van der Waals surface area contributed by atoms with Gasteiger partial charge < -0.3 is 5.32 Å². The van der Waals surface area contributed by atoms with Gasteiger partial charge in [0.15, 0.2) is 10.1 Å². The van der Waals surface area contributed by atoms with Crippen LogP contribution in [-0.4, -0.2) is 27.6 Å². The Bertz CT molecular complexity index is 671. The maximum absolute atomic E-state index is 12.2. The average Bonchev–Trinajstić information content (AvgIpc) is 2.92. The monoisotopic (exact) mass is 319 g/mol. The second-order valence-electron chi connectivity index (χ2n) is 4.69. The lowest BCUT2D eigenvalue weighted by atomic mass is 10.0. The van der Waals surface area contributed by atoms with Crippen molar-refractivity contribution in [3.05, 3.63) is 34.8 Å². The van der Waals surface area contributed by atoms with Crippen molar-refractivity contribution >= 4 is 40.5 Å². The number of nitrogens with zero attached hydrogens (tertiary/aromatic N) is 2. The van der Waals surface area contributed by atoms with Gasteiger partial charge in [-0.3, -0.25) is 9.59 Å². The fourth-order valence-electron chi connectivity index (χ4n) is 2.18. The number of carbonyl (C=O) groups excluding carboxylic acids is 2. The number of anilines is 1. The lowest BCUT2D eigenvalue weighted by molar-refractivity contribution is -0.116. The van der Waals surface area contributed by atoms with Crippen LogP contribution in [0, 0.1) is 0 Å². The van der Waals surface area contributed by atoms with Crippen LogP contribution in [-0.2, 0) is 11.2 Å². The second kappa shape index (κ2) is 6.36. The molecule has 5 nitrogen and oxygen atoms in total. The van der Waals surface area contributed by atoms with Gasteiger partial charge in [-0.05, 0) is 36.6 Å². The second-order valence-corrected chi connectivity index (χ2v) is 6.75. The van der Waals surface area contributed by atoms with Gasteiger partial charge in [0.2, 0.25) is 5.91 Å². The summed E-state index contributed by atoms with van der Waals surface area (Å²) in [4.78, 5) is 23.7. The zero-order valence-electron chi connectivity index (χ0n) is 11.2. The van der Waals surface area contributed by atoms with Gasteiger partial charge in [-0.1, -0.05) is 23.1 Å². The van der Waals surface area contributed by atoms with Crippen LogP contribution in [0.25, 0.3) is 0 Å². The number of amides is 1. The Balaban J connectivity index is 1.72. The van der Waals surface area contributed by atoms with Crippen molar-refractivity contribution in [1.29, 1.82) is 0 Å². The minimum atomic E-state index is 0.0413. The number of rotatable bonds is 4. The first kappa shape index (κ1) is 14.2. The number of carbonyl (C=O) groups is 2. The van der Waals surface area contributed by atoms with Crippen LogP contribution >= 0.6 is 23.1 Å². The molecule has 2 aromatic rings. The number of thioether (sulfide) groups is 1. The molecular weight excluding hydrogens is 306 g/mol. The molecule has 1 aromatic heterocycles. The number of benzene rings is 1. The number of hydrogen-bond acceptors (Lipinski definition) is 6. The third kappa shape index (κ3) is 3.48. The molecule has 7 heteroatoms. The van der Waals surface area contributed by atoms with Crippen LogP contribution in [0.1, 0.15) is 28.8 Å².